The van der Waals surface area contributed by atoms with Gasteiger partial charge in [0, 0.05) is 4.90 Å². The van der Waals surface area contributed by atoms with Crippen molar-refractivity contribution in [2.45, 2.75) is 37.8 Å². The fourth-order valence-electron chi connectivity index (χ4n) is 2.20. The van der Waals surface area contributed by atoms with Gasteiger partial charge >= 0.3 is 0 Å². The molecule has 1 N–H and O–H groups in total. The molecule has 0 saturated heterocycles. The van der Waals surface area contributed by atoms with E-state index in [9.17, 15) is 4.79 Å². The fourth-order valence-corrected chi connectivity index (χ4v) is 3.16. The standard InChI is InChI=1S/C19H23NO2S/c1-12-6-9-18(22-5)17(10-12)20-19(21)15(4)23-16-8-7-13(2)14(3)11-16/h6-11,15H,1-5H3,(H,20,21)/t15-/m1/s1. The van der Waals surface area contributed by atoms with Crippen LogP contribution in [-0.4, -0.2) is 18.3 Å². The van der Waals surface area contributed by atoms with E-state index >= 15 is 0 Å². The number of carbonyl (C=O) groups is 1. The summed E-state index contributed by atoms with van der Waals surface area (Å²) in [5.41, 5.74) is 4.29. The quantitative estimate of drug-likeness (QED) is 0.805. The Morgan fingerprint density at radius 2 is 1.83 bits per heavy atom. The number of carbonyl (C=O) groups excluding carboxylic acids is 1. The average molecular weight is 329 g/mol. The zero-order valence-electron chi connectivity index (χ0n) is 14.3. The second-order valence-electron chi connectivity index (χ2n) is 5.70. The molecule has 2 rings (SSSR count). The lowest BCUT2D eigenvalue weighted by atomic mass is 10.1. The molecule has 0 saturated carbocycles. The van der Waals surface area contributed by atoms with Crippen LogP contribution in [0.4, 0.5) is 5.69 Å². The van der Waals surface area contributed by atoms with Crippen LogP contribution in [0.5, 0.6) is 5.75 Å². The number of nitrogens with one attached hydrogen (secondary N) is 1. The Bertz CT molecular complexity index is 713. The molecule has 0 unspecified atom stereocenters. The molecule has 0 aliphatic rings. The Morgan fingerprint density at radius 1 is 1.09 bits per heavy atom. The Kier molecular flexibility index (Phi) is 5.72. The summed E-state index contributed by atoms with van der Waals surface area (Å²) < 4.78 is 5.31. The zero-order chi connectivity index (χ0) is 17.0. The van der Waals surface area contributed by atoms with Crippen LogP contribution in [0.1, 0.15) is 23.6 Å². The predicted molar refractivity (Wildman–Crippen MR) is 97.6 cm³/mol. The van der Waals surface area contributed by atoms with E-state index in [1.807, 2.05) is 32.0 Å². The molecule has 1 amide bonds. The number of rotatable bonds is 5. The van der Waals surface area contributed by atoms with E-state index in [0.717, 1.165) is 10.5 Å². The van der Waals surface area contributed by atoms with Crippen molar-refractivity contribution >= 4 is 23.4 Å². The lowest BCUT2D eigenvalue weighted by Crippen LogP contribution is -2.22. The van der Waals surface area contributed by atoms with Crippen molar-refractivity contribution in [1.29, 1.82) is 0 Å². The van der Waals surface area contributed by atoms with Crippen molar-refractivity contribution in [3.63, 3.8) is 0 Å². The molecule has 2 aromatic rings. The summed E-state index contributed by atoms with van der Waals surface area (Å²) in [6.45, 7) is 8.07. The van der Waals surface area contributed by atoms with Crippen LogP contribution >= 0.6 is 11.8 Å². The minimum absolute atomic E-state index is 0.0304. The highest BCUT2D eigenvalue weighted by atomic mass is 32.2. The van der Waals surface area contributed by atoms with Crippen LogP contribution < -0.4 is 10.1 Å². The van der Waals surface area contributed by atoms with E-state index in [2.05, 4.69) is 37.4 Å². The van der Waals surface area contributed by atoms with Gasteiger partial charge in [0.05, 0.1) is 18.0 Å². The highest BCUT2D eigenvalue weighted by molar-refractivity contribution is 8.00. The third kappa shape index (κ3) is 4.52. The van der Waals surface area contributed by atoms with E-state index in [4.69, 9.17) is 4.74 Å². The fraction of sp³-hybridized carbons (Fsp3) is 0.316. The molecule has 1 atom stereocenters. The molecule has 0 aliphatic carbocycles. The molecule has 23 heavy (non-hydrogen) atoms. The van der Waals surface area contributed by atoms with Gasteiger partial charge in [-0.15, -0.1) is 11.8 Å². The molecular formula is C19H23NO2S. The van der Waals surface area contributed by atoms with Gasteiger partial charge in [-0.2, -0.15) is 0 Å². The number of aryl methyl sites for hydroxylation is 3. The number of amides is 1. The second-order valence-corrected chi connectivity index (χ2v) is 7.11. The summed E-state index contributed by atoms with van der Waals surface area (Å²) in [7, 11) is 1.60. The molecule has 0 fully saturated rings. The van der Waals surface area contributed by atoms with Gasteiger partial charge in [-0.3, -0.25) is 4.79 Å². The van der Waals surface area contributed by atoms with Crippen LogP contribution in [-0.2, 0) is 4.79 Å². The number of thioether (sulfide) groups is 1. The first-order valence-electron chi connectivity index (χ1n) is 7.60. The van der Waals surface area contributed by atoms with Gasteiger partial charge in [0.25, 0.3) is 0 Å². The molecule has 0 heterocycles. The van der Waals surface area contributed by atoms with Crippen molar-refractivity contribution < 1.29 is 9.53 Å². The molecule has 3 nitrogen and oxygen atoms in total. The molecule has 0 radical (unpaired) electrons. The number of methoxy groups -OCH3 is 1. The van der Waals surface area contributed by atoms with Gasteiger partial charge in [0.15, 0.2) is 0 Å². The zero-order valence-corrected chi connectivity index (χ0v) is 15.1. The van der Waals surface area contributed by atoms with Gasteiger partial charge in [-0.05, 0) is 68.7 Å². The lowest BCUT2D eigenvalue weighted by molar-refractivity contribution is -0.115. The van der Waals surface area contributed by atoms with Gasteiger partial charge in [-0.25, -0.2) is 0 Å². The number of hydrogen-bond acceptors (Lipinski definition) is 3. The van der Waals surface area contributed by atoms with Crippen LogP contribution in [0.2, 0.25) is 0 Å². The Hall–Kier alpha value is -1.94. The van der Waals surface area contributed by atoms with Crippen molar-refractivity contribution in [3.05, 3.63) is 53.1 Å². The van der Waals surface area contributed by atoms with E-state index in [-0.39, 0.29) is 11.2 Å². The van der Waals surface area contributed by atoms with Crippen molar-refractivity contribution in [1.82, 2.24) is 0 Å². The Labute approximate surface area is 142 Å². The molecule has 0 aliphatic heterocycles. The maximum absolute atomic E-state index is 12.5. The normalized spacial score (nSPS) is 11.9. The maximum Gasteiger partial charge on any atom is 0.237 e. The first-order valence-corrected chi connectivity index (χ1v) is 8.48. The smallest absolute Gasteiger partial charge is 0.237 e. The summed E-state index contributed by atoms with van der Waals surface area (Å²) in [4.78, 5) is 13.6. The third-order valence-corrected chi connectivity index (χ3v) is 4.87. The van der Waals surface area contributed by atoms with E-state index < -0.39 is 0 Å². The van der Waals surface area contributed by atoms with E-state index in [1.165, 1.54) is 11.1 Å². The first kappa shape index (κ1) is 17.4. The average Bonchev–Trinajstić information content (AvgIpc) is 2.51. The van der Waals surface area contributed by atoms with Crippen LogP contribution in [0, 0.1) is 20.8 Å². The SMILES string of the molecule is COc1ccc(C)cc1NC(=O)[C@@H](C)Sc1ccc(C)c(C)c1. The van der Waals surface area contributed by atoms with Crippen molar-refractivity contribution in [2.24, 2.45) is 0 Å². The minimum atomic E-state index is -0.192. The number of ether oxygens (including phenoxy) is 1. The largest absolute Gasteiger partial charge is 0.495 e. The minimum Gasteiger partial charge on any atom is -0.495 e. The van der Waals surface area contributed by atoms with Crippen LogP contribution in [0.25, 0.3) is 0 Å². The number of hydrogen-bond donors (Lipinski definition) is 1. The molecule has 0 aromatic heterocycles. The van der Waals surface area contributed by atoms with Crippen molar-refractivity contribution in [3.8, 4) is 5.75 Å². The van der Waals surface area contributed by atoms with Crippen molar-refractivity contribution in [2.75, 3.05) is 12.4 Å². The summed E-state index contributed by atoms with van der Waals surface area (Å²) in [5, 5.41) is 2.77. The topological polar surface area (TPSA) is 38.3 Å². The predicted octanol–water partition coefficient (Wildman–Crippen LogP) is 4.74. The van der Waals surface area contributed by atoms with E-state index in [1.54, 1.807) is 18.9 Å². The second kappa shape index (κ2) is 7.55. The molecule has 122 valence electrons. The lowest BCUT2D eigenvalue weighted by Gasteiger charge is -2.15. The summed E-state index contributed by atoms with van der Waals surface area (Å²) >= 11 is 1.56. The Balaban J connectivity index is 2.08. The molecule has 0 spiro atoms. The summed E-state index contributed by atoms with van der Waals surface area (Å²) in [6.07, 6.45) is 0. The van der Waals surface area contributed by atoms with Crippen LogP contribution in [0.15, 0.2) is 41.3 Å². The third-order valence-electron chi connectivity index (χ3n) is 3.77. The van der Waals surface area contributed by atoms with Gasteiger partial charge in [0.1, 0.15) is 5.75 Å². The molecule has 2 aromatic carbocycles. The van der Waals surface area contributed by atoms with Gasteiger partial charge in [-0.1, -0.05) is 12.1 Å². The van der Waals surface area contributed by atoms with Gasteiger partial charge < -0.3 is 10.1 Å². The summed E-state index contributed by atoms with van der Waals surface area (Å²) in [6, 6.07) is 12.0. The van der Waals surface area contributed by atoms with Gasteiger partial charge in [0.2, 0.25) is 5.91 Å². The number of anilines is 1. The van der Waals surface area contributed by atoms with E-state index in [0.29, 0.717) is 11.4 Å². The highest BCUT2D eigenvalue weighted by Crippen LogP contribution is 2.29. The highest BCUT2D eigenvalue weighted by Gasteiger charge is 2.16. The molecule has 4 heteroatoms. The van der Waals surface area contributed by atoms with Crippen LogP contribution in [0.3, 0.4) is 0 Å². The number of benzene rings is 2. The maximum atomic E-state index is 12.5. The Morgan fingerprint density at radius 3 is 2.48 bits per heavy atom. The monoisotopic (exact) mass is 329 g/mol. The summed E-state index contributed by atoms with van der Waals surface area (Å²) in [5.74, 6) is 0.643. The molecule has 0 bridgehead atoms. The molecular weight excluding hydrogens is 306 g/mol. The first-order chi connectivity index (χ1) is 10.9.